The lowest BCUT2D eigenvalue weighted by molar-refractivity contribution is 0.478. The van der Waals surface area contributed by atoms with Gasteiger partial charge in [-0.15, -0.1) is 0 Å². The zero-order valence-electron chi connectivity index (χ0n) is 10.9. The van der Waals surface area contributed by atoms with Crippen molar-refractivity contribution in [3.05, 3.63) is 24.1 Å². The second-order valence-corrected chi connectivity index (χ2v) is 8.37. The average molecular weight is 370 g/mol. The number of hydrogen-bond acceptors (Lipinski definition) is 8. The highest BCUT2D eigenvalue weighted by atomic mass is 32.2. The van der Waals surface area contributed by atoms with Crippen molar-refractivity contribution in [1.82, 2.24) is 0 Å². The van der Waals surface area contributed by atoms with E-state index in [9.17, 15) is 25.3 Å². The first-order valence-electron chi connectivity index (χ1n) is 5.15. The monoisotopic (exact) mass is 370 g/mol. The molecule has 0 radical (unpaired) electrons. The van der Waals surface area contributed by atoms with Crippen LogP contribution in [0.25, 0.3) is 0 Å². The van der Waals surface area contributed by atoms with Crippen molar-refractivity contribution in [2.24, 2.45) is 10.2 Å². The fourth-order valence-corrected chi connectivity index (χ4v) is 4.18. The van der Waals surface area contributed by atoms with Gasteiger partial charge in [-0.05, 0) is 12.1 Å². The van der Waals surface area contributed by atoms with Gasteiger partial charge >= 0.3 is 0 Å². The third-order valence-corrected chi connectivity index (χ3v) is 5.61. The van der Waals surface area contributed by atoms with E-state index in [1.807, 2.05) is 0 Å². The molecule has 0 amide bonds. The Hall–Kier alpha value is -1.67. The van der Waals surface area contributed by atoms with Gasteiger partial charge in [0.2, 0.25) is 9.84 Å². The van der Waals surface area contributed by atoms with Crippen LogP contribution in [-0.4, -0.2) is 41.4 Å². The van der Waals surface area contributed by atoms with Crippen LogP contribution in [0.1, 0.15) is 0 Å². The summed E-state index contributed by atoms with van der Waals surface area (Å²) in [5.74, 6) is 0. The van der Waals surface area contributed by atoms with Crippen LogP contribution >= 0.6 is 0 Å². The summed E-state index contributed by atoms with van der Waals surface area (Å²) in [6.45, 7) is 2.99. The minimum Gasteiger partial charge on any atom is -0.282 e. The van der Waals surface area contributed by atoms with E-state index >= 15 is 0 Å². The van der Waals surface area contributed by atoms with Crippen molar-refractivity contribution >= 4 is 35.8 Å². The van der Waals surface area contributed by atoms with E-state index in [1.165, 1.54) is 0 Å². The van der Waals surface area contributed by atoms with Crippen LogP contribution in [0.5, 0.6) is 0 Å². The predicted octanol–water partition coefficient (Wildman–Crippen LogP) is 0.811. The number of benzene rings is 1. The zero-order valence-corrected chi connectivity index (χ0v) is 13.4. The maximum atomic E-state index is 11.8. The summed E-state index contributed by atoms with van der Waals surface area (Å²) in [7, 11) is -13.3. The summed E-state index contributed by atoms with van der Waals surface area (Å²) in [5.41, 5.74) is -0.627. The van der Waals surface area contributed by atoms with Gasteiger partial charge in [0.1, 0.15) is 15.5 Å². The van der Waals surface area contributed by atoms with Crippen LogP contribution in [0.2, 0.25) is 0 Å². The maximum absolute atomic E-state index is 11.8. The minimum absolute atomic E-state index is 0.269. The molecule has 0 heterocycles. The normalized spacial score (nSPS) is 13.4. The molecule has 0 saturated heterocycles. The van der Waals surface area contributed by atoms with Crippen LogP contribution in [-0.2, 0) is 30.1 Å². The Morgan fingerprint density at radius 2 is 1.45 bits per heavy atom. The summed E-state index contributed by atoms with van der Waals surface area (Å²) >= 11 is 0. The second-order valence-electron chi connectivity index (χ2n) is 3.73. The molecule has 1 aromatic rings. The lowest BCUT2D eigenvalue weighted by Crippen LogP contribution is -2.10. The molecule has 0 atom stereocenters. The van der Waals surface area contributed by atoms with E-state index in [2.05, 4.69) is 16.8 Å². The lowest BCUT2D eigenvalue weighted by Gasteiger charge is -2.09. The molecule has 0 aliphatic heterocycles. The van der Waals surface area contributed by atoms with Gasteiger partial charge in [0.25, 0.3) is 20.2 Å². The van der Waals surface area contributed by atoms with Crippen LogP contribution < -0.4 is 0 Å². The van der Waals surface area contributed by atoms with E-state index in [1.54, 1.807) is 0 Å². The molecule has 2 N–H and O–H groups in total. The summed E-state index contributed by atoms with van der Waals surface area (Å²) in [5, 5.41) is 6.95. The third kappa shape index (κ3) is 3.75. The van der Waals surface area contributed by atoms with E-state index < -0.39 is 50.4 Å². The third-order valence-electron chi connectivity index (χ3n) is 2.31. The molecular formula is C9H10N2O8S3. The summed E-state index contributed by atoms with van der Waals surface area (Å²) in [4.78, 5) is -3.23. The van der Waals surface area contributed by atoms with Gasteiger partial charge in [0, 0.05) is 12.5 Å². The van der Waals surface area contributed by atoms with Crippen molar-refractivity contribution in [3.63, 3.8) is 0 Å². The first-order chi connectivity index (χ1) is 9.84. The molecule has 22 heavy (non-hydrogen) atoms. The second kappa shape index (κ2) is 5.85. The standard InChI is InChI=1S/C9H10N2O8S3/c1-3-20(12,13)8-4-6(11-10-2)7(21(14,15)16)5-9(8)22(17,18)19/h3-5H,1H2,2H3,(H,14,15,16)(H,17,18,19)/b11-10+. The quantitative estimate of drug-likeness (QED) is 0.567. The minimum atomic E-state index is -5.12. The molecule has 0 fully saturated rings. The molecule has 0 unspecified atom stereocenters. The van der Waals surface area contributed by atoms with Crippen LogP contribution in [0.4, 0.5) is 5.69 Å². The van der Waals surface area contributed by atoms with Crippen molar-refractivity contribution in [2.45, 2.75) is 14.7 Å². The average Bonchev–Trinajstić information content (AvgIpc) is 2.36. The highest BCUT2D eigenvalue weighted by Gasteiger charge is 2.29. The molecule has 0 spiro atoms. The van der Waals surface area contributed by atoms with E-state index in [0.717, 1.165) is 7.05 Å². The van der Waals surface area contributed by atoms with E-state index in [0.29, 0.717) is 11.5 Å². The van der Waals surface area contributed by atoms with Gasteiger partial charge in [-0.2, -0.15) is 27.1 Å². The zero-order chi connectivity index (χ0) is 17.3. The van der Waals surface area contributed by atoms with Gasteiger partial charge in [-0.1, -0.05) is 6.58 Å². The Labute approximate surface area is 126 Å². The molecule has 0 bridgehead atoms. The van der Waals surface area contributed by atoms with Crippen LogP contribution in [0.3, 0.4) is 0 Å². The fraction of sp³-hybridized carbons (Fsp3) is 0.111. The van der Waals surface area contributed by atoms with Gasteiger partial charge in [0.05, 0.1) is 4.90 Å². The fourth-order valence-electron chi connectivity index (χ4n) is 1.44. The number of nitrogens with zero attached hydrogens (tertiary/aromatic N) is 2. The van der Waals surface area contributed by atoms with Crippen molar-refractivity contribution in [1.29, 1.82) is 0 Å². The highest BCUT2D eigenvalue weighted by molar-refractivity contribution is 7.95. The molecule has 1 aromatic carbocycles. The number of rotatable bonds is 5. The molecule has 0 saturated carbocycles. The van der Waals surface area contributed by atoms with Gasteiger partial charge < -0.3 is 0 Å². The van der Waals surface area contributed by atoms with E-state index in [4.69, 9.17) is 9.11 Å². The first kappa shape index (κ1) is 18.4. The molecule has 0 aliphatic rings. The van der Waals surface area contributed by atoms with Crippen molar-refractivity contribution < 1.29 is 34.4 Å². The number of azo groups is 1. The molecular weight excluding hydrogens is 360 g/mol. The number of hydrogen-bond donors (Lipinski definition) is 2. The van der Waals surface area contributed by atoms with Gasteiger partial charge in [0.15, 0.2) is 0 Å². The van der Waals surface area contributed by atoms with Crippen molar-refractivity contribution in [3.8, 4) is 0 Å². The Kier molecular flexibility index (Phi) is 4.88. The molecule has 0 aliphatic carbocycles. The van der Waals surface area contributed by atoms with E-state index in [-0.39, 0.29) is 6.07 Å². The molecule has 122 valence electrons. The van der Waals surface area contributed by atoms with Crippen molar-refractivity contribution in [2.75, 3.05) is 7.05 Å². The largest absolute Gasteiger partial charge is 0.296 e. The Bertz CT molecular complexity index is 958. The smallest absolute Gasteiger partial charge is 0.282 e. The lowest BCUT2D eigenvalue weighted by atomic mass is 10.3. The molecule has 1 rings (SSSR count). The van der Waals surface area contributed by atoms with Gasteiger partial charge in [-0.25, -0.2) is 8.42 Å². The Morgan fingerprint density at radius 3 is 1.82 bits per heavy atom. The molecule has 10 nitrogen and oxygen atoms in total. The number of sulfone groups is 1. The molecule has 13 heteroatoms. The highest BCUT2D eigenvalue weighted by Crippen LogP contribution is 2.33. The van der Waals surface area contributed by atoms with Crippen LogP contribution in [0, 0.1) is 0 Å². The first-order valence-corrected chi connectivity index (χ1v) is 9.57. The van der Waals surface area contributed by atoms with Gasteiger partial charge in [-0.3, -0.25) is 9.11 Å². The predicted molar refractivity (Wildman–Crippen MR) is 73.9 cm³/mol. The summed E-state index contributed by atoms with van der Waals surface area (Å²) in [6, 6.07) is 0.807. The summed E-state index contributed by atoms with van der Waals surface area (Å²) in [6.07, 6.45) is 0. The van der Waals surface area contributed by atoms with Crippen LogP contribution in [0.15, 0.2) is 49.0 Å². The molecule has 0 aromatic heterocycles. The maximum Gasteiger partial charge on any atom is 0.296 e. The Morgan fingerprint density at radius 1 is 0.955 bits per heavy atom. The topological polar surface area (TPSA) is 168 Å². The SMILES string of the molecule is C=CS(=O)(=O)c1cc(/N=N/C)c(S(=O)(=O)O)cc1S(=O)(=O)O. The Balaban J connectivity index is 4.12. The summed E-state index contributed by atoms with van der Waals surface area (Å²) < 4.78 is 86.8.